The average molecular weight is 457 g/mol. The van der Waals surface area contributed by atoms with Crippen molar-refractivity contribution in [3.8, 4) is 0 Å². The van der Waals surface area contributed by atoms with Crippen molar-refractivity contribution in [1.29, 1.82) is 0 Å². The highest BCUT2D eigenvalue weighted by atomic mass is 19.4. The van der Waals surface area contributed by atoms with Crippen molar-refractivity contribution in [2.45, 2.75) is 38.3 Å². The second-order valence-electron chi connectivity index (χ2n) is 8.73. The molecule has 4 nitrogen and oxygen atoms in total. The van der Waals surface area contributed by atoms with Gasteiger partial charge in [0.2, 0.25) is 5.71 Å². The van der Waals surface area contributed by atoms with Crippen molar-refractivity contribution in [2.75, 3.05) is 31.1 Å². The Bertz CT molecular complexity index is 1120. The number of allylic oxidation sites excluding steroid dienone is 1. The van der Waals surface area contributed by atoms with Crippen molar-refractivity contribution in [2.24, 2.45) is 0 Å². The molecular weight excluding hydrogens is 432 g/mol. The smallest absolute Gasteiger partial charge is 0.349 e. The maximum absolute atomic E-state index is 13.3. The SMILES string of the molecule is Fc1ccc(CC2=[N+]=C(N3CCN(c4ccc(C(F)(F)F)cn4)CC3)C3=C2CCCC3)cc1. The Balaban J connectivity index is 1.32. The topological polar surface area (TPSA) is 33.5 Å². The summed E-state index contributed by atoms with van der Waals surface area (Å²) in [5, 5.41) is 0. The lowest BCUT2D eigenvalue weighted by atomic mass is 9.87. The number of piperazine rings is 1. The third-order valence-electron chi connectivity index (χ3n) is 6.59. The normalized spacial score (nSPS) is 18.9. The van der Waals surface area contributed by atoms with E-state index in [4.69, 9.17) is 4.67 Å². The van der Waals surface area contributed by atoms with Gasteiger partial charge in [0.1, 0.15) is 24.7 Å². The molecule has 0 unspecified atom stereocenters. The number of rotatable bonds is 3. The summed E-state index contributed by atoms with van der Waals surface area (Å²) >= 11 is 0. The number of alkyl halides is 3. The van der Waals surface area contributed by atoms with E-state index in [2.05, 4.69) is 9.88 Å². The first-order valence-corrected chi connectivity index (χ1v) is 11.3. The van der Waals surface area contributed by atoms with E-state index >= 15 is 0 Å². The van der Waals surface area contributed by atoms with Gasteiger partial charge in [-0.25, -0.2) is 18.9 Å². The van der Waals surface area contributed by atoms with E-state index < -0.39 is 11.7 Å². The van der Waals surface area contributed by atoms with Gasteiger partial charge in [0, 0.05) is 11.8 Å². The lowest BCUT2D eigenvalue weighted by Gasteiger charge is -2.32. The second-order valence-corrected chi connectivity index (χ2v) is 8.73. The summed E-state index contributed by atoms with van der Waals surface area (Å²) in [4.78, 5) is 8.35. The Morgan fingerprint density at radius 1 is 0.848 bits per heavy atom. The van der Waals surface area contributed by atoms with Gasteiger partial charge in [0.05, 0.1) is 30.6 Å². The number of pyridine rings is 1. The number of halogens is 4. The Labute approximate surface area is 190 Å². The first-order chi connectivity index (χ1) is 15.9. The molecule has 1 aromatic heterocycles. The Morgan fingerprint density at radius 2 is 1.52 bits per heavy atom. The molecule has 172 valence electrons. The number of nitrogens with zero attached hydrogens (tertiary/aromatic N) is 4. The third-order valence-corrected chi connectivity index (χ3v) is 6.59. The summed E-state index contributed by atoms with van der Waals surface area (Å²) in [6.45, 7) is 2.82. The van der Waals surface area contributed by atoms with Crippen LogP contribution in [0.4, 0.5) is 23.4 Å². The van der Waals surface area contributed by atoms with E-state index in [1.807, 2.05) is 17.0 Å². The van der Waals surface area contributed by atoms with Crippen molar-refractivity contribution in [3.63, 3.8) is 0 Å². The minimum atomic E-state index is -4.38. The van der Waals surface area contributed by atoms with Crippen LogP contribution in [0.1, 0.15) is 36.8 Å². The standard InChI is InChI=1S/C25H25F4N4/c26-19-8-5-17(6-9-19)15-22-20-3-1-2-4-21(20)24(31-22)33-13-11-32(12-14-33)23-10-7-18(16-30-23)25(27,28)29/h5-10,16H,1-4,11-15H2/q+1. The largest absolute Gasteiger partial charge is 0.417 e. The zero-order chi connectivity index (χ0) is 23.0. The van der Waals surface area contributed by atoms with Gasteiger partial charge in [-0.1, -0.05) is 12.1 Å². The molecule has 0 saturated carbocycles. The predicted octanol–water partition coefficient (Wildman–Crippen LogP) is 4.40. The number of benzene rings is 1. The Hall–Kier alpha value is -3.12. The van der Waals surface area contributed by atoms with E-state index in [0.29, 0.717) is 25.3 Å². The summed E-state index contributed by atoms with van der Waals surface area (Å²) < 4.78 is 56.8. The fraction of sp³-hybridized carbons (Fsp3) is 0.400. The molecule has 1 aliphatic carbocycles. The van der Waals surface area contributed by atoms with Crippen LogP contribution in [0.3, 0.4) is 0 Å². The van der Waals surface area contributed by atoms with Crippen LogP contribution in [0.25, 0.3) is 0 Å². The van der Waals surface area contributed by atoms with Crippen molar-refractivity contribution < 1.29 is 17.6 Å². The molecule has 0 radical (unpaired) electrons. The van der Waals surface area contributed by atoms with E-state index in [1.165, 1.54) is 29.3 Å². The van der Waals surface area contributed by atoms with Gasteiger partial charge < -0.3 is 4.90 Å². The summed E-state index contributed by atoms with van der Waals surface area (Å²) in [5.41, 5.74) is 4.07. The van der Waals surface area contributed by atoms with E-state index in [1.54, 1.807) is 0 Å². The summed E-state index contributed by atoms with van der Waals surface area (Å²) in [7, 11) is 0. The van der Waals surface area contributed by atoms with Gasteiger partial charge in [-0.15, -0.1) is 0 Å². The van der Waals surface area contributed by atoms with Gasteiger partial charge in [0.15, 0.2) is 0 Å². The van der Waals surface area contributed by atoms with Crippen LogP contribution < -0.4 is 9.57 Å². The van der Waals surface area contributed by atoms with Crippen LogP contribution in [0.2, 0.25) is 0 Å². The molecule has 0 bridgehead atoms. The van der Waals surface area contributed by atoms with Crippen LogP contribution in [-0.4, -0.2) is 47.6 Å². The molecule has 3 aliphatic rings. The van der Waals surface area contributed by atoms with Gasteiger partial charge in [-0.2, -0.15) is 13.2 Å². The van der Waals surface area contributed by atoms with Gasteiger partial charge >= 0.3 is 12.0 Å². The summed E-state index contributed by atoms with van der Waals surface area (Å²) in [6, 6.07) is 9.14. The number of anilines is 1. The number of hydrogen-bond donors (Lipinski definition) is 0. The van der Waals surface area contributed by atoms with Crippen molar-refractivity contribution in [3.05, 3.63) is 70.7 Å². The molecular formula is C25H25F4N4+. The predicted molar refractivity (Wildman–Crippen MR) is 121 cm³/mol. The van der Waals surface area contributed by atoms with Gasteiger partial charge in [-0.05, 0) is 55.5 Å². The minimum absolute atomic E-state index is 0.239. The highest BCUT2D eigenvalue weighted by Crippen LogP contribution is 2.32. The average Bonchev–Trinajstić information content (AvgIpc) is 3.19. The Morgan fingerprint density at radius 3 is 2.15 bits per heavy atom. The van der Waals surface area contributed by atoms with Crippen LogP contribution in [0.15, 0.2) is 53.7 Å². The third kappa shape index (κ3) is 4.53. The molecule has 3 heterocycles. The van der Waals surface area contributed by atoms with E-state index in [9.17, 15) is 17.6 Å². The zero-order valence-corrected chi connectivity index (χ0v) is 18.2. The fourth-order valence-electron chi connectivity index (χ4n) is 4.82. The van der Waals surface area contributed by atoms with Gasteiger partial charge in [-0.3, -0.25) is 0 Å². The highest BCUT2D eigenvalue weighted by Gasteiger charge is 2.39. The van der Waals surface area contributed by atoms with Crippen LogP contribution in [0.5, 0.6) is 0 Å². The molecule has 5 rings (SSSR count). The van der Waals surface area contributed by atoms with Crippen molar-refractivity contribution in [1.82, 2.24) is 14.6 Å². The monoisotopic (exact) mass is 457 g/mol. The molecule has 0 spiro atoms. The zero-order valence-electron chi connectivity index (χ0n) is 18.2. The molecule has 0 N–H and O–H groups in total. The molecule has 1 fully saturated rings. The Kier molecular flexibility index (Phi) is 5.71. The molecule has 1 aromatic carbocycles. The van der Waals surface area contributed by atoms with Crippen LogP contribution >= 0.6 is 0 Å². The highest BCUT2D eigenvalue weighted by molar-refractivity contribution is 6.17. The molecule has 2 aliphatic heterocycles. The molecule has 0 amide bonds. The van der Waals surface area contributed by atoms with Crippen LogP contribution in [0, 0.1) is 5.82 Å². The second kappa shape index (κ2) is 8.67. The lowest BCUT2D eigenvalue weighted by molar-refractivity contribution is -0.137. The number of hydrogen-bond acceptors (Lipinski definition) is 3. The molecule has 0 atom stereocenters. The lowest BCUT2D eigenvalue weighted by Crippen LogP contribution is -2.49. The fourth-order valence-corrected chi connectivity index (χ4v) is 4.82. The van der Waals surface area contributed by atoms with E-state index in [-0.39, 0.29) is 5.82 Å². The molecule has 33 heavy (non-hydrogen) atoms. The summed E-state index contributed by atoms with van der Waals surface area (Å²) in [6.07, 6.45) is 1.56. The van der Waals surface area contributed by atoms with Crippen LogP contribution in [-0.2, 0) is 12.6 Å². The molecule has 2 aromatic rings. The van der Waals surface area contributed by atoms with E-state index in [0.717, 1.165) is 68.1 Å². The first kappa shape index (κ1) is 21.7. The maximum Gasteiger partial charge on any atom is 0.417 e. The molecule has 1 saturated heterocycles. The quantitative estimate of drug-likeness (QED) is 0.506. The first-order valence-electron chi connectivity index (χ1n) is 11.3. The van der Waals surface area contributed by atoms with Gasteiger partial charge in [0.25, 0.3) is 0 Å². The number of aromatic nitrogens is 1. The van der Waals surface area contributed by atoms with Crippen molar-refractivity contribution >= 4 is 17.4 Å². The minimum Gasteiger partial charge on any atom is -0.349 e. The number of amidine groups is 1. The maximum atomic E-state index is 13.3. The molecule has 8 heteroatoms. The summed E-state index contributed by atoms with van der Waals surface area (Å²) in [5.74, 6) is 1.37.